The Kier molecular flexibility index (Phi) is 6.60. The first-order valence-electron chi connectivity index (χ1n) is 8.45. The molecule has 2 N–H and O–H groups in total. The number of hydrogen-bond acceptors (Lipinski definition) is 2. The molecule has 0 aliphatic rings. The van der Waals surface area contributed by atoms with Gasteiger partial charge in [-0.25, -0.2) is 0 Å². The van der Waals surface area contributed by atoms with Gasteiger partial charge in [0, 0.05) is 6.92 Å². The van der Waals surface area contributed by atoms with Gasteiger partial charge in [-0.3, -0.25) is 9.59 Å². The normalized spacial score (nSPS) is 13.5. The lowest BCUT2D eigenvalue weighted by molar-refractivity contribution is -0.137. The van der Waals surface area contributed by atoms with Crippen molar-refractivity contribution in [2.24, 2.45) is 0 Å². The number of carbonyl (C=O) groups is 2. The van der Waals surface area contributed by atoms with E-state index in [-0.39, 0.29) is 18.2 Å². The van der Waals surface area contributed by atoms with Gasteiger partial charge in [0.2, 0.25) is 11.8 Å². The number of nitrogens with one attached hydrogen (secondary N) is 2. The van der Waals surface area contributed by atoms with Gasteiger partial charge in [-0.1, -0.05) is 42.5 Å². The van der Waals surface area contributed by atoms with E-state index in [1.165, 1.54) is 19.1 Å². The van der Waals surface area contributed by atoms with Crippen LogP contribution in [-0.2, 0) is 15.8 Å². The van der Waals surface area contributed by atoms with Crippen LogP contribution in [0, 0.1) is 0 Å². The number of alkyl halides is 3. The SMILES string of the molecule is CC(=O)N[C@@H](CC(=O)N[C@@H](C)c1cccc(C(F)(F)F)c1)c1ccccc1. The average Bonchev–Trinajstić information content (AvgIpc) is 2.61. The fourth-order valence-corrected chi connectivity index (χ4v) is 2.74. The predicted molar refractivity (Wildman–Crippen MR) is 95.6 cm³/mol. The van der Waals surface area contributed by atoms with Crippen LogP contribution in [0.15, 0.2) is 54.6 Å². The molecule has 0 fully saturated rings. The maximum absolute atomic E-state index is 12.8. The fourth-order valence-electron chi connectivity index (χ4n) is 2.74. The third-order valence-electron chi connectivity index (χ3n) is 4.06. The van der Waals surface area contributed by atoms with E-state index in [0.717, 1.165) is 17.7 Å². The van der Waals surface area contributed by atoms with Crippen LogP contribution in [-0.4, -0.2) is 11.8 Å². The molecule has 2 atom stereocenters. The highest BCUT2D eigenvalue weighted by Gasteiger charge is 2.30. The van der Waals surface area contributed by atoms with E-state index in [4.69, 9.17) is 0 Å². The topological polar surface area (TPSA) is 58.2 Å². The lowest BCUT2D eigenvalue weighted by Crippen LogP contribution is -2.33. The monoisotopic (exact) mass is 378 g/mol. The van der Waals surface area contributed by atoms with Crippen LogP contribution >= 0.6 is 0 Å². The minimum atomic E-state index is -4.44. The van der Waals surface area contributed by atoms with Crippen molar-refractivity contribution < 1.29 is 22.8 Å². The van der Waals surface area contributed by atoms with Gasteiger partial charge in [-0.2, -0.15) is 13.2 Å². The molecule has 0 radical (unpaired) electrons. The Morgan fingerprint density at radius 2 is 1.59 bits per heavy atom. The minimum absolute atomic E-state index is 0.0209. The van der Waals surface area contributed by atoms with Gasteiger partial charge < -0.3 is 10.6 Å². The molecular formula is C20H21F3N2O2. The fraction of sp³-hybridized carbons (Fsp3) is 0.300. The minimum Gasteiger partial charge on any atom is -0.350 e. The third-order valence-corrected chi connectivity index (χ3v) is 4.06. The van der Waals surface area contributed by atoms with Crippen LogP contribution in [0.5, 0.6) is 0 Å². The largest absolute Gasteiger partial charge is 0.416 e. The maximum atomic E-state index is 12.8. The molecule has 0 saturated carbocycles. The predicted octanol–water partition coefficient (Wildman–Crippen LogP) is 4.15. The molecule has 2 amide bonds. The summed E-state index contributed by atoms with van der Waals surface area (Å²) >= 11 is 0. The first-order valence-corrected chi connectivity index (χ1v) is 8.45. The standard InChI is InChI=1S/C20H21F3N2O2/c1-13(16-9-6-10-17(11-16)20(21,22)23)24-19(27)12-18(25-14(2)26)15-7-4-3-5-8-15/h3-11,13,18H,12H2,1-2H3,(H,24,27)(H,25,26)/t13-,18-/m0/s1. The van der Waals surface area contributed by atoms with Gasteiger partial charge in [0.1, 0.15) is 0 Å². The third kappa shape index (κ3) is 6.13. The quantitative estimate of drug-likeness (QED) is 0.793. The molecule has 0 aliphatic carbocycles. The average molecular weight is 378 g/mol. The molecule has 2 aromatic rings. The zero-order valence-electron chi connectivity index (χ0n) is 15.0. The van der Waals surface area contributed by atoms with Crippen molar-refractivity contribution in [1.29, 1.82) is 0 Å². The molecule has 144 valence electrons. The molecule has 27 heavy (non-hydrogen) atoms. The molecule has 0 saturated heterocycles. The Morgan fingerprint density at radius 3 is 2.19 bits per heavy atom. The lowest BCUT2D eigenvalue weighted by atomic mass is 10.0. The zero-order chi connectivity index (χ0) is 20.0. The van der Waals surface area contributed by atoms with E-state index in [9.17, 15) is 22.8 Å². The summed E-state index contributed by atoms with van der Waals surface area (Å²) in [5.41, 5.74) is 0.366. The maximum Gasteiger partial charge on any atom is 0.416 e. The van der Waals surface area contributed by atoms with Gasteiger partial charge in [0.05, 0.1) is 24.1 Å². The van der Waals surface area contributed by atoms with Crippen LogP contribution in [0.3, 0.4) is 0 Å². The lowest BCUT2D eigenvalue weighted by Gasteiger charge is -2.20. The second-order valence-electron chi connectivity index (χ2n) is 6.28. The number of amides is 2. The number of rotatable bonds is 6. The van der Waals surface area contributed by atoms with Crippen LogP contribution in [0.2, 0.25) is 0 Å². The van der Waals surface area contributed by atoms with Crippen LogP contribution in [0.1, 0.15) is 49.0 Å². The molecule has 7 heteroatoms. The molecule has 0 spiro atoms. The Labute approximate surface area is 155 Å². The highest BCUT2D eigenvalue weighted by atomic mass is 19.4. The summed E-state index contributed by atoms with van der Waals surface area (Å²) in [6, 6.07) is 12.7. The molecular weight excluding hydrogens is 357 g/mol. The Morgan fingerprint density at radius 1 is 0.963 bits per heavy atom. The Balaban J connectivity index is 2.08. The van der Waals surface area contributed by atoms with E-state index in [0.29, 0.717) is 5.56 Å². The van der Waals surface area contributed by atoms with E-state index >= 15 is 0 Å². The van der Waals surface area contributed by atoms with Crippen molar-refractivity contribution in [2.75, 3.05) is 0 Å². The van der Waals surface area contributed by atoms with Crippen LogP contribution in [0.25, 0.3) is 0 Å². The van der Waals surface area contributed by atoms with Gasteiger partial charge >= 0.3 is 6.18 Å². The summed E-state index contributed by atoms with van der Waals surface area (Å²) in [4.78, 5) is 23.8. The van der Waals surface area contributed by atoms with Crippen LogP contribution < -0.4 is 10.6 Å². The second kappa shape index (κ2) is 8.70. The summed E-state index contributed by atoms with van der Waals surface area (Å²) in [5, 5.41) is 5.41. The zero-order valence-corrected chi connectivity index (χ0v) is 15.0. The van der Waals surface area contributed by atoms with Gasteiger partial charge in [0.25, 0.3) is 0 Å². The van der Waals surface area contributed by atoms with E-state index in [1.807, 2.05) is 6.07 Å². The summed E-state index contributed by atoms with van der Waals surface area (Å²) in [6.45, 7) is 2.97. The van der Waals surface area contributed by atoms with Gasteiger partial charge in [0.15, 0.2) is 0 Å². The summed E-state index contributed by atoms with van der Waals surface area (Å²) in [6.07, 6.45) is -4.46. The molecule has 2 rings (SSSR count). The smallest absolute Gasteiger partial charge is 0.350 e. The van der Waals surface area contributed by atoms with Crippen molar-refractivity contribution >= 4 is 11.8 Å². The number of benzene rings is 2. The van der Waals surface area contributed by atoms with Gasteiger partial charge in [-0.15, -0.1) is 0 Å². The first-order chi connectivity index (χ1) is 12.7. The molecule has 0 bridgehead atoms. The Bertz CT molecular complexity index is 791. The molecule has 0 heterocycles. The van der Waals surface area contributed by atoms with E-state index < -0.39 is 23.8 Å². The van der Waals surface area contributed by atoms with Crippen molar-refractivity contribution in [2.45, 2.75) is 38.5 Å². The summed E-state index contributed by atoms with van der Waals surface area (Å²) < 4.78 is 38.5. The highest BCUT2D eigenvalue weighted by Crippen LogP contribution is 2.30. The number of halogens is 3. The molecule has 0 aliphatic heterocycles. The Hall–Kier alpha value is -2.83. The molecule has 0 unspecified atom stereocenters. The van der Waals surface area contributed by atoms with E-state index in [2.05, 4.69) is 10.6 Å². The molecule has 4 nitrogen and oxygen atoms in total. The summed E-state index contributed by atoms with van der Waals surface area (Å²) in [5.74, 6) is -0.648. The summed E-state index contributed by atoms with van der Waals surface area (Å²) in [7, 11) is 0. The van der Waals surface area contributed by atoms with Crippen molar-refractivity contribution in [1.82, 2.24) is 10.6 Å². The highest BCUT2D eigenvalue weighted by molar-refractivity contribution is 5.79. The van der Waals surface area contributed by atoms with Crippen molar-refractivity contribution in [3.63, 3.8) is 0 Å². The number of hydrogen-bond donors (Lipinski definition) is 2. The van der Waals surface area contributed by atoms with Crippen molar-refractivity contribution in [3.05, 3.63) is 71.3 Å². The van der Waals surface area contributed by atoms with E-state index in [1.54, 1.807) is 31.2 Å². The first kappa shape index (κ1) is 20.5. The molecule has 0 aromatic heterocycles. The molecule has 2 aromatic carbocycles. The number of carbonyl (C=O) groups excluding carboxylic acids is 2. The second-order valence-corrected chi connectivity index (χ2v) is 6.28. The van der Waals surface area contributed by atoms with Crippen LogP contribution in [0.4, 0.5) is 13.2 Å². The van der Waals surface area contributed by atoms with Crippen molar-refractivity contribution in [3.8, 4) is 0 Å². The van der Waals surface area contributed by atoms with Gasteiger partial charge in [-0.05, 0) is 30.2 Å².